The molecule has 2 aliphatic rings. The van der Waals surface area contributed by atoms with Gasteiger partial charge in [0.25, 0.3) is 5.91 Å². The molecule has 0 spiro atoms. The highest BCUT2D eigenvalue weighted by atomic mass is 16.3. The molecule has 2 aliphatic heterocycles. The predicted octanol–water partition coefficient (Wildman–Crippen LogP) is 0.0370. The first-order chi connectivity index (χ1) is 13.0. The highest BCUT2D eigenvalue weighted by Gasteiger charge is 2.41. The first kappa shape index (κ1) is 16.8. The largest absolute Gasteiger partial charge is 0.464 e. The van der Waals surface area contributed by atoms with E-state index in [0.717, 1.165) is 0 Å². The second kappa shape index (κ2) is 6.27. The highest BCUT2D eigenvalue weighted by molar-refractivity contribution is 6.34. The molecule has 27 heavy (non-hydrogen) atoms. The van der Waals surface area contributed by atoms with Crippen molar-refractivity contribution >= 4 is 29.3 Å². The number of carbonyl (C=O) groups is 4. The molecule has 1 aromatic heterocycles. The van der Waals surface area contributed by atoms with Crippen LogP contribution in [0.2, 0.25) is 0 Å². The summed E-state index contributed by atoms with van der Waals surface area (Å²) in [6.07, 6.45) is 1.54. The van der Waals surface area contributed by atoms with Crippen LogP contribution in [0.3, 0.4) is 0 Å². The molecule has 0 radical (unpaired) electrons. The van der Waals surface area contributed by atoms with Crippen LogP contribution in [0.1, 0.15) is 10.4 Å². The lowest BCUT2D eigenvalue weighted by atomic mass is 10.1. The number of primary amides is 1. The Kier molecular flexibility index (Phi) is 3.91. The lowest BCUT2D eigenvalue weighted by Crippen LogP contribution is -2.60. The number of fused-ring (bicyclic) bond motifs is 2. The van der Waals surface area contributed by atoms with Gasteiger partial charge in [-0.3, -0.25) is 19.2 Å². The maximum absolute atomic E-state index is 13.1. The first-order valence-electron chi connectivity index (χ1n) is 8.34. The molecule has 0 saturated carbocycles. The van der Waals surface area contributed by atoms with Gasteiger partial charge < -0.3 is 25.3 Å². The molecular formula is C18H16N4O5. The van der Waals surface area contributed by atoms with Crippen LogP contribution in [0.4, 0.5) is 5.69 Å². The minimum absolute atomic E-state index is 0.0849. The summed E-state index contributed by atoms with van der Waals surface area (Å²) < 4.78 is 5.37. The molecule has 3 heterocycles. The fourth-order valence-corrected chi connectivity index (χ4v) is 3.39. The zero-order valence-corrected chi connectivity index (χ0v) is 14.2. The van der Waals surface area contributed by atoms with Gasteiger partial charge in [-0.2, -0.15) is 0 Å². The van der Waals surface area contributed by atoms with Gasteiger partial charge in [0.2, 0.25) is 5.91 Å². The van der Waals surface area contributed by atoms with E-state index in [1.807, 2.05) is 0 Å². The topological polar surface area (TPSA) is 126 Å². The summed E-state index contributed by atoms with van der Waals surface area (Å²) in [5.74, 6) is -2.09. The maximum Gasteiger partial charge on any atom is 0.311 e. The molecule has 1 aromatic carbocycles. The van der Waals surface area contributed by atoms with E-state index in [2.05, 4.69) is 5.32 Å². The standard InChI is InChI=1S/C18H16N4O5/c19-15(23)18(26)21-5-6-22-13(9-21)16(24)20-12-4-3-10(8-11(12)17(22)25)14-2-1-7-27-14/h1-4,7-8,13H,5-6,9H2,(H2,19,23)(H,20,24). The van der Waals surface area contributed by atoms with Gasteiger partial charge in [0.05, 0.1) is 24.1 Å². The fraction of sp³-hybridized carbons (Fsp3) is 0.222. The summed E-state index contributed by atoms with van der Waals surface area (Å²) in [5, 5.41) is 2.73. The molecule has 1 saturated heterocycles. The van der Waals surface area contributed by atoms with E-state index < -0.39 is 23.8 Å². The predicted molar refractivity (Wildman–Crippen MR) is 93.4 cm³/mol. The molecule has 1 unspecified atom stereocenters. The van der Waals surface area contributed by atoms with Gasteiger partial charge in [0, 0.05) is 18.7 Å². The van der Waals surface area contributed by atoms with Crippen molar-refractivity contribution in [1.82, 2.24) is 9.80 Å². The van der Waals surface area contributed by atoms with Crippen LogP contribution < -0.4 is 11.1 Å². The number of carbonyl (C=O) groups excluding carboxylic acids is 4. The lowest BCUT2D eigenvalue weighted by molar-refractivity contribution is -0.146. The third-order valence-electron chi connectivity index (χ3n) is 4.76. The van der Waals surface area contributed by atoms with Gasteiger partial charge in [0.1, 0.15) is 11.8 Å². The number of rotatable bonds is 1. The number of hydrogen-bond donors (Lipinski definition) is 2. The van der Waals surface area contributed by atoms with Crippen molar-refractivity contribution in [3.8, 4) is 11.3 Å². The number of nitrogens with two attached hydrogens (primary N) is 1. The Morgan fingerprint density at radius 2 is 2.00 bits per heavy atom. The Morgan fingerprint density at radius 3 is 2.70 bits per heavy atom. The molecule has 4 amide bonds. The number of amides is 4. The van der Waals surface area contributed by atoms with Crippen LogP contribution in [-0.4, -0.2) is 59.1 Å². The van der Waals surface area contributed by atoms with Gasteiger partial charge in [-0.15, -0.1) is 0 Å². The molecule has 1 atom stereocenters. The quantitative estimate of drug-likeness (QED) is 0.687. The summed E-state index contributed by atoms with van der Waals surface area (Å²) in [6.45, 7) is 0.170. The minimum Gasteiger partial charge on any atom is -0.464 e. The number of furan rings is 1. The number of benzene rings is 1. The summed E-state index contributed by atoms with van der Waals surface area (Å²) in [5.41, 5.74) is 6.48. The smallest absolute Gasteiger partial charge is 0.311 e. The van der Waals surface area contributed by atoms with E-state index in [4.69, 9.17) is 10.2 Å². The minimum atomic E-state index is -1.09. The summed E-state index contributed by atoms with van der Waals surface area (Å²) in [7, 11) is 0. The van der Waals surface area contributed by atoms with Crippen LogP contribution in [0.5, 0.6) is 0 Å². The van der Waals surface area contributed by atoms with Gasteiger partial charge in [-0.25, -0.2) is 0 Å². The van der Waals surface area contributed by atoms with Crippen LogP contribution in [0.15, 0.2) is 41.0 Å². The van der Waals surface area contributed by atoms with E-state index in [0.29, 0.717) is 22.6 Å². The number of hydrogen-bond acceptors (Lipinski definition) is 5. The lowest BCUT2D eigenvalue weighted by Gasteiger charge is -2.38. The van der Waals surface area contributed by atoms with Crippen LogP contribution in [0, 0.1) is 0 Å². The number of anilines is 1. The Morgan fingerprint density at radius 1 is 1.19 bits per heavy atom. The fourth-order valence-electron chi connectivity index (χ4n) is 3.39. The van der Waals surface area contributed by atoms with Crippen molar-refractivity contribution in [3.05, 3.63) is 42.2 Å². The Balaban J connectivity index is 1.67. The average Bonchev–Trinajstić information content (AvgIpc) is 3.18. The molecule has 0 bridgehead atoms. The van der Waals surface area contributed by atoms with Gasteiger partial charge >= 0.3 is 11.8 Å². The molecule has 9 heteroatoms. The number of nitrogens with one attached hydrogen (secondary N) is 1. The van der Waals surface area contributed by atoms with Crippen molar-refractivity contribution in [2.75, 3.05) is 25.0 Å². The van der Waals surface area contributed by atoms with Crippen LogP contribution in [0.25, 0.3) is 11.3 Å². The maximum atomic E-state index is 13.1. The molecule has 0 aliphatic carbocycles. The molecule has 4 rings (SSSR count). The van der Waals surface area contributed by atoms with Crippen LogP contribution >= 0.6 is 0 Å². The zero-order chi connectivity index (χ0) is 19.1. The van der Waals surface area contributed by atoms with Crippen molar-refractivity contribution in [3.63, 3.8) is 0 Å². The van der Waals surface area contributed by atoms with Crippen molar-refractivity contribution in [2.24, 2.45) is 5.73 Å². The second-order valence-electron chi connectivity index (χ2n) is 6.36. The van der Waals surface area contributed by atoms with E-state index in [1.165, 1.54) is 16.1 Å². The summed E-state index contributed by atoms with van der Waals surface area (Å²) in [6, 6.07) is 7.69. The Hall–Kier alpha value is -3.62. The van der Waals surface area contributed by atoms with E-state index in [-0.39, 0.29) is 25.5 Å². The molecule has 9 nitrogen and oxygen atoms in total. The molecule has 1 fully saturated rings. The molecular weight excluding hydrogens is 352 g/mol. The SMILES string of the molecule is NC(=O)C(=O)N1CCN2C(=O)c3cc(-c4ccco4)ccc3NC(=O)C2C1. The third kappa shape index (κ3) is 2.82. The summed E-state index contributed by atoms with van der Waals surface area (Å²) >= 11 is 0. The number of nitrogens with zero attached hydrogens (tertiary/aromatic N) is 2. The second-order valence-corrected chi connectivity index (χ2v) is 6.36. The first-order valence-corrected chi connectivity index (χ1v) is 8.34. The van der Waals surface area contributed by atoms with Crippen molar-refractivity contribution in [2.45, 2.75) is 6.04 Å². The summed E-state index contributed by atoms with van der Waals surface area (Å²) in [4.78, 5) is 51.3. The normalized spacial score (nSPS) is 19.0. The van der Waals surface area contributed by atoms with Crippen molar-refractivity contribution < 1.29 is 23.6 Å². The molecule has 3 N–H and O–H groups in total. The van der Waals surface area contributed by atoms with E-state index >= 15 is 0 Å². The molecule has 138 valence electrons. The average molecular weight is 368 g/mol. The zero-order valence-electron chi connectivity index (χ0n) is 14.2. The van der Waals surface area contributed by atoms with Gasteiger partial charge in [-0.1, -0.05) is 0 Å². The number of piperazine rings is 1. The highest BCUT2D eigenvalue weighted by Crippen LogP contribution is 2.30. The monoisotopic (exact) mass is 368 g/mol. The molecule has 2 aromatic rings. The van der Waals surface area contributed by atoms with Crippen molar-refractivity contribution in [1.29, 1.82) is 0 Å². The Bertz CT molecular complexity index is 953. The van der Waals surface area contributed by atoms with E-state index in [9.17, 15) is 19.2 Å². The third-order valence-corrected chi connectivity index (χ3v) is 4.76. The van der Waals surface area contributed by atoms with Gasteiger partial charge in [0.15, 0.2) is 0 Å². The van der Waals surface area contributed by atoms with Crippen LogP contribution in [-0.2, 0) is 14.4 Å². The van der Waals surface area contributed by atoms with E-state index in [1.54, 1.807) is 30.3 Å². The van der Waals surface area contributed by atoms with Gasteiger partial charge in [-0.05, 0) is 30.3 Å². The Labute approximate surface area is 153 Å².